The van der Waals surface area contributed by atoms with E-state index in [4.69, 9.17) is 4.74 Å². The van der Waals surface area contributed by atoms with Crippen LogP contribution in [-0.4, -0.2) is 20.9 Å². The summed E-state index contributed by atoms with van der Waals surface area (Å²) < 4.78 is 34.1. The van der Waals surface area contributed by atoms with Gasteiger partial charge in [-0.3, -0.25) is 9.52 Å². The highest BCUT2D eigenvalue weighted by Gasteiger charge is 2.20. The fourth-order valence-corrected chi connectivity index (χ4v) is 4.57. The first-order chi connectivity index (χ1) is 14.7. The van der Waals surface area contributed by atoms with Gasteiger partial charge < -0.3 is 10.1 Å². The average Bonchev–Trinajstić information content (AvgIpc) is 2.72. The first-order valence-corrected chi connectivity index (χ1v) is 11.4. The minimum Gasteiger partial charge on any atom is -0.494 e. The van der Waals surface area contributed by atoms with Crippen LogP contribution in [0.4, 0.5) is 11.4 Å². The number of anilines is 2. The van der Waals surface area contributed by atoms with Gasteiger partial charge in [0.05, 0.1) is 17.2 Å². The normalized spacial score (nSPS) is 11.1. The third-order valence-electron chi connectivity index (χ3n) is 4.79. The van der Waals surface area contributed by atoms with Crippen LogP contribution in [0.25, 0.3) is 0 Å². The summed E-state index contributed by atoms with van der Waals surface area (Å²) in [5, 5.41) is 2.78. The summed E-state index contributed by atoms with van der Waals surface area (Å²) in [4.78, 5) is 12.8. The van der Waals surface area contributed by atoms with E-state index in [0.29, 0.717) is 29.3 Å². The highest BCUT2D eigenvalue weighted by atomic mass is 32.2. The number of amides is 1. The van der Waals surface area contributed by atoms with Gasteiger partial charge in [0.2, 0.25) is 0 Å². The monoisotopic (exact) mass is 438 g/mol. The minimum atomic E-state index is -3.87. The van der Waals surface area contributed by atoms with Crippen molar-refractivity contribution < 1.29 is 17.9 Å². The molecular weight excluding hydrogens is 412 g/mol. The van der Waals surface area contributed by atoms with E-state index in [1.165, 1.54) is 6.07 Å². The maximum Gasteiger partial charge on any atom is 0.262 e. The molecule has 2 N–H and O–H groups in total. The molecule has 0 bridgehead atoms. The predicted molar refractivity (Wildman–Crippen MR) is 123 cm³/mol. The molecule has 7 heteroatoms. The van der Waals surface area contributed by atoms with Gasteiger partial charge in [-0.05, 0) is 81.3 Å². The highest BCUT2D eigenvalue weighted by Crippen LogP contribution is 2.24. The molecule has 0 saturated heterocycles. The molecule has 0 aliphatic rings. The number of hydrogen-bond acceptors (Lipinski definition) is 4. The second kappa shape index (κ2) is 9.22. The largest absolute Gasteiger partial charge is 0.494 e. The maximum atomic E-state index is 13.0. The third-order valence-corrected chi connectivity index (χ3v) is 6.30. The highest BCUT2D eigenvalue weighted by molar-refractivity contribution is 7.92. The number of ether oxygens (including phenoxy) is 1. The van der Waals surface area contributed by atoms with Gasteiger partial charge in [0, 0.05) is 11.3 Å². The van der Waals surface area contributed by atoms with E-state index in [1.807, 2.05) is 32.9 Å². The fourth-order valence-electron chi connectivity index (χ4n) is 3.16. The molecule has 0 radical (unpaired) electrons. The van der Waals surface area contributed by atoms with Crippen molar-refractivity contribution >= 4 is 27.3 Å². The molecule has 0 fully saturated rings. The summed E-state index contributed by atoms with van der Waals surface area (Å²) in [5.41, 5.74) is 3.77. The number of benzene rings is 3. The molecule has 0 saturated carbocycles. The molecule has 0 aliphatic heterocycles. The molecule has 0 spiro atoms. The van der Waals surface area contributed by atoms with Crippen molar-refractivity contribution in [2.45, 2.75) is 32.6 Å². The summed E-state index contributed by atoms with van der Waals surface area (Å²) in [6.45, 7) is 7.95. The van der Waals surface area contributed by atoms with Gasteiger partial charge in [-0.15, -0.1) is 0 Å². The first kappa shape index (κ1) is 22.4. The molecule has 0 aromatic heterocycles. The number of sulfonamides is 1. The van der Waals surface area contributed by atoms with Gasteiger partial charge in [-0.1, -0.05) is 23.8 Å². The van der Waals surface area contributed by atoms with E-state index in [1.54, 1.807) is 49.4 Å². The van der Waals surface area contributed by atoms with E-state index in [-0.39, 0.29) is 10.5 Å². The molecule has 0 aliphatic carbocycles. The molecule has 1 amide bonds. The van der Waals surface area contributed by atoms with Gasteiger partial charge in [0.15, 0.2) is 0 Å². The zero-order valence-corrected chi connectivity index (χ0v) is 18.8. The molecule has 3 aromatic carbocycles. The Morgan fingerprint density at radius 3 is 2.26 bits per heavy atom. The van der Waals surface area contributed by atoms with Crippen molar-refractivity contribution in [3.8, 4) is 5.75 Å². The number of carbonyl (C=O) groups is 1. The van der Waals surface area contributed by atoms with Crippen molar-refractivity contribution in [1.82, 2.24) is 0 Å². The van der Waals surface area contributed by atoms with Crippen molar-refractivity contribution in [3.05, 3.63) is 82.9 Å². The second-order valence-corrected chi connectivity index (χ2v) is 8.97. The van der Waals surface area contributed by atoms with Gasteiger partial charge in [0.25, 0.3) is 15.9 Å². The van der Waals surface area contributed by atoms with Crippen LogP contribution in [0.3, 0.4) is 0 Å². The lowest BCUT2D eigenvalue weighted by atomic mass is 10.1. The molecule has 3 aromatic rings. The third kappa shape index (κ3) is 5.44. The van der Waals surface area contributed by atoms with E-state index in [9.17, 15) is 13.2 Å². The second-order valence-electron chi connectivity index (χ2n) is 7.32. The summed E-state index contributed by atoms with van der Waals surface area (Å²) in [6.07, 6.45) is 0. The van der Waals surface area contributed by atoms with Crippen LogP contribution in [-0.2, 0) is 10.0 Å². The Morgan fingerprint density at radius 1 is 0.903 bits per heavy atom. The summed E-state index contributed by atoms with van der Waals surface area (Å²) in [5.74, 6) is 0.314. The Balaban J connectivity index is 1.83. The Morgan fingerprint density at radius 2 is 1.61 bits per heavy atom. The van der Waals surface area contributed by atoms with Crippen molar-refractivity contribution in [1.29, 1.82) is 0 Å². The molecule has 31 heavy (non-hydrogen) atoms. The number of hydrogen-bond donors (Lipinski definition) is 2. The minimum absolute atomic E-state index is 0.0619. The Hall–Kier alpha value is -3.32. The van der Waals surface area contributed by atoms with Crippen LogP contribution < -0.4 is 14.8 Å². The molecule has 0 heterocycles. The first-order valence-electron chi connectivity index (χ1n) is 9.94. The van der Waals surface area contributed by atoms with Crippen LogP contribution in [0, 0.1) is 20.8 Å². The van der Waals surface area contributed by atoms with Gasteiger partial charge >= 0.3 is 0 Å². The van der Waals surface area contributed by atoms with Crippen LogP contribution in [0.2, 0.25) is 0 Å². The van der Waals surface area contributed by atoms with E-state index >= 15 is 0 Å². The zero-order valence-electron chi connectivity index (χ0n) is 18.0. The summed E-state index contributed by atoms with van der Waals surface area (Å²) in [6, 6.07) is 17.1. The predicted octanol–water partition coefficient (Wildman–Crippen LogP) is 5.06. The van der Waals surface area contributed by atoms with Crippen molar-refractivity contribution in [2.75, 3.05) is 16.6 Å². The van der Waals surface area contributed by atoms with Gasteiger partial charge in [0.1, 0.15) is 5.75 Å². The van der Waals surface area contributed by atoms with Gasteiger partial charge in [-0.25, -0.2) is 8.42 Å². The standard InChI is InChI=1S/C24H26N2O4S/c1-5-30-21-11-9-20(10-12-21)25-24(27)19-8-7-17(3)23(15-19)31(28,29)26-22-13-6-16(2)14-18(22)4/h6-15,26H,5H2,1-4H3,(H,25,27). The Labute approximate surface area is 183 Å². The fraction of sp³-hybridized carbons (Fsp3) is 0.208. The lowest BCUT2D eigenvalue weighted by Crippen LogP contribution is -2.17. The number of carbonyl (C=O) groups excluding carboxylic acids is 1. The molecular formula is C24H26N2O4S. The molecule has 3 rings (SSSR count). The van der Waals surface area contributed by atoms with Crippen molar-refractivity contribution in [2.24, 2.45) is 0 Å². The lowest BCUT2D eigenvalue weighted by Gasteiger charge is -2.14. The van der Waals surface area contributed by atoms with E-state index in [2.05, 4.69) is 10.0 Å². The topological polar surface area (TPSA) is 84.5 Å². The molecule has 0 unspecified atom stereocenters. The quantitative estimate of drug-likeness (QED) is 0.540. The zero-order chi connectivity index (χ0) is 22.6. The SMILES string of the molecule is CCOc1ccc(NC(=O)c2ccc(C)c(S(=O)(=O)Nc3ccc(C)cc3C)c2)cc1. The van der Waals surface area contributed by atoms with Crippen LogP contribution >= 0.6 is 0 Å². The van der Waals surface area contributed by atoms with Gasteiger partial charge in [-0.2, -0.15) is 0 Å². The lowest BCUT2D eigenvalue weighted by molar-refractivity contribution is 0.102. The smallest absolute Gasteiger partial charge is 0.262 e. The Bertz CT molecular complexity index is 1200. The van der Waals surface area contributed by atoms with Crippen LogP contribution in [0.5, 0.6) is 5.75 Å². The van der Waals surface area contributed by atoms with Crippen molar-refractivity contribution in [3.63, 3.8) is 0 Å². The number of nitrogens with one attached hydrogen (secondary N) is 2. The Kier molecular flexibility index (Phi) is 6.65. The molecule has 162 valence electrons. The molecule has 0 atom stereocenters. The average molecular weight is 439 g/mol. The molecule has 6 nitrogen and oxygen atoms in total. The summed E-state index contributed by atoms with van der Waals surface area (Å²) >= 11 is 0. The van der Waals surface area contributed by atoms with E-state index in [0.717, 1.165) is 11.1 Å². The number of aryl methyl sites for hydroxylation is 3. The summed E-state index contributed by atoms with van der Waals surface area (Å²) in [7, 11) is -3.87. The van der Waals surface area contributed by atoms with E-state index < -0.39 is 15.9 Å². The van der Waals surface area contributed by atoms with Crippen LogP contribution in [0.1, 0.15) is 34.0 Å². The maximum absolute atomic E-state index is 13.0. The van der Waals surface area contributed by atoms with Crippen LogP contribution in [0.15, 0.2) is 65.6 Å². The number of rotatable bonds is 7.